The van der Waals surface area contributed by atoms with E-state index >= 15 is 0 Å². The molecule has 0 saturated carbocycles. The molecule has 2 N–H and O–H groups in total. The van der Waals surface area contributed by atoms with Gasteiger partial charge in [-0.05, 0) is 12.1 Å². The van der Waals surface area contributed by atoms with Gasteiger partial charge in [0.2, 0.25) is 0 Å². The van der Waals surface area contributed by atoms with E-state index in [-0.39, 0.29) is 0 Å². The van der Waals surface area contributed by atoms with Gasteiger partial charge in [-0.2, -0.15) is 13.2 Å². The highest BCUT2D eigenvalue weighted by atomic mass is 19.4. The van der Waals surface area contributed by atoms with Crippen molar-refractivity contribution < 1.29 is 27.8 Å². The topological polar surface area (TPSA) is 58.6 Å². The van der Waals surface area contributed by atoms with Crippen LogP contribution in [0, 0.1) is 5.92 Å². The number of nitrogens with one attached hydrogen (secondary N) is 1. The summed E-state index contributed by atoms with van der Waals surface area (Å²) in [5.74, 6) is -4.02. The first-order chi connectivity index (χ1) is 8.36. The van der Waals surface area contributed by atoms with Crippen LogP contribution in [0.3, 0.4) is 0 Å². The third-order valence-electron chi connectivity index (χ3n) is 2.30. The summed E-state index contributed by atoms with van der Waals surface area (Å²) in [5, 5.41) is 10.9. The largest absolute Gasteiger partial charge is 0.495 e. The van der Waals surface area contributed by atoms with Crippen LogP contribution in [0.15, 0.2) is 24.3 Å². The van der Waals surface area contributed by atoms with E-state index in [1.165, 1.54) is 13.2 Å². The standard InChI is InChI=1S/C11H12F3NO3/c1-18-9-5-3-2-4-8(9)15-6-7(10(16)17)11(12,13)14/h2-5,7,15H,6H2,1H3,(H,16,17). The number of anilines is 1. The molecule has 0 saturated heterocycles. The van der Waals surface area contributed by atoms with Gasteiger partial charge in [0.15, 0.2) is 5.92 Å². The molecule has 0 bridgehead atoms. The Morgan fingerprint density at radius 3 is 2.56 bits per heavy atom. The van der Waals surface area contributed by atoms with Gasteiger partial charge in [0.05, 0.1) is 12.8 Å². The molecule has 0 aliphatic carbocycles. The molecule has 1 unspecified atom stereocenters. The monoisotopic (exact) mass is 263 g/mol. The summed E-state index contributed by atoms with van der Waals surface area (Å²) in [4.78, 5) is 10.5. The molecule has 0 spiro atoms. The van der Waals surface area contributed by atoms with Gasteiger partial charge >= 0.3 is 12.1 Å². The average molecular weight is 263 g/mol. The minimum Gasteiger partial charge on any atom is -0.495 e. The molecule has 1 aromatic carbocycles. The zero-order valence-corrected chi connectivity index (χ0v) is 9.49. The van der Waals surface area contributed by atoms with Gasteiger partial charge in [0.25, 0.3) is 0 Å². The highest BCUT2D eigenvalue weighted by Crippen LogP contribution is 2.28. The summed E-state index contributed by atoms with van der Waals surface area (Å²) < 4.78 is 42.1. The Kier molecular flexibility index (Phi) is 4.41. The fraction of sp³-hybridized carbons (Fsp3) is 0.364. The Labute approximate surface area is 101 Å². The normalized spacial score (nSPS) is 12.9. The van der Waals surface area contributed by atoms with Crippen LogP contribution in [0.5, 0.6) is 5.75 Å². The highest BCUT2D eigenvalue weighted by Gasteiger charge is 2.44. The quantitative estimate of drug-likeness (QED) is 0.856. The first kappa shape index (κ1) is 14.1. The number of carboxylic acids is 1. The van der Waals surface area contributed by atoms with E-state index in [1.54, 1.807) is 18.2 Å². The number of methoxy groups -OCH3 is 1. The molecule has 1 aromatic rings. The highest BCUT2D eigenvalue weighted by molar-refractivity contribution is 5.72. The molecule has 100 valence electrons. The molecule has 0 aliphatic rings. The summed E-state index contributed by atoms with van der Waals surface area (Å²) >= 11 is 0. The number of alkyl halides is 3. The van der Waals surface area contributed by atoms with Gasteiger partial charge in [-0.3, -0.25) is 4.79 Å². The molecule has 4 nitrogen and oxygen atoms in total. The van der Waals surface area contributed by atoms with Crippen LogP contribution in [0.25, 0.3) is 0 Å². The number of carboxylic acid groups (broad SMARTS) is 1. The van der Waals surface area contributed by atoms with E-state index in [0.717, 1.165) is 0 Å². The second-order valence-corrected chi connectivity index (χ2v) is 3.51. The molecule has 0 aromatic heterocycles. The van der Waals surface area contributed by atoms with Crippen LogP contribution in [0.2, 0.25) is 0 Å². The maximum Gasteiger partial charge on any atom is 0.403 e. The number of hydrogen-bond donors (Lipinski definition) is 2. The van der Waals surface area contributed by atoms with Crippen LogP contribution in [0.1, 0.15) is 0 Å². The predicted molar refractivity (Wildman–Crippen MR) is 58.7 cm³/mol. The lowest BCUT2D eigenvalue weighted by atomic mass is 10.1. The third-order valence-corrected chi connectivity index (χ3v) is 2.30. The molecular formula is C11H12F3NO3. The molecule has 1 rings (SSSR count). The SMILES string of the molecule is COc1ccccc1NCC(C(=O)O)C(F)(F)F. The summed E-state index contributed by atoms with van der Waals surface area (Å²) in [5.41, 5.74) is 0.315. The van der Waals surface area contributed by atoms with Crippen LogP contribution in [0.4, 0.5) is 18.9 Å². The lowest BCUT2D eigenvalue weighted by molar-refractivity contribution is -0.190. The van der Waals surface area contributed by atoms with Crippen molar-refractivity contribution in [3.8, 4) is 5.75 Å². The van der Waals surface area contributed by atoms with E-state index in [1.807, 2.05) is 0 Å². The average Bonchev–Trinajstić information content (AvgIpc) is 2.27. The number of hydrogen-bond acceptors (Lipinski definition) is 3. The van der Waals surface area contributed by atoms with Crippen LogP contribution in [-0.2, 0) is 4.79 Å². The van der Waals surface area contributed by atoms with Gasteiger partial charge in [-0.15, -0.1) is 0 Å². The van der Waals surface area contributed by atoms with Crippen LogP contribution >= 0.6 is 0 Å². The molecule has 0 fully saturated rings. The smallest absolute Gasteiger partial charge is 0.403 e. The first-order valence-electron chi connectivity index (χ1n) is 5.02. The van der Waals surface area contributed by atoms with E-state index in [9.17, 15) is 18.0 Å². The first-order valence-corrected chi connectivity index (χ1v) is 5.02. The molecule has 0 heterocycles. The number of ether oxygens (including phenoxy) is 1. The van der Waals surface area contributed by atoms with Crippen molar-refractivity contribution in [2.24, 2.45) is 5.92 Å². The van der Waals surface area contributed by atoms with Gasteiger partial charge in [-0.25, -0.2) is 0 Å². The second-order valence-electron chi connectivity index (χ2n) is 3.51. The summed E-state index contributed by atoms with van der Waals surface area (Å²) in [6, 6.07) is 6.33. The summed E-state index contributed by atoms with van der Waals surface area (Å²) in [7, 11) is 1.37. The minimum atomic E-state index is -4.79. The zero-order valence-electron chi connectivity index (χ0n) is 9.49. The Bertz CT molecular complexity index is 420. The third kappa shape index (κ3) is 3.54. The van der Waals surface area contributed by atoms with Crippen molar-refractivity contribution in [1.29, 1.82) is 0 Å². The van der Waals surface area contributed by atoms with Crippen LogP contribution < -0.4 is 10.1 Å². The lowest BCUT2D eigenvalue weighted by Crippen LogP contribution is -2.36. The Morgan fingerprint density at radius 2 is 2.06 bits per heavy atom. The molecule has 0 radical (unpaired) electrons. The van der Waals surface area contributed by atoms with Crippen molar-refractivity contribution in [3.63, 3.8) is 0 Å². The summed E-state index contributed by atoms with van der Waals surface area (Å²) in [6.45, 7) is -0.751. The van der Waals surface area contributed by atoms with Crippen molar-refractivity contribution in [2.75, 3.05) is 19.0 Å². The van der Waals surface area contributed by atoms with Gasteiger partial charge in [0.1, 0.15) is 5.75 Å². The maximum absolute atomic E-state index is 12.4. The zero-order chi connectivity index (χ0) is 13.8. The lowest BCUT2D eigenvalue weighted by Gasteiger charge is -2.18. The fourth-order valence-corrected chi connectivity index (χ4v) is 1.35. The number of halogens is 3. The molecular weight excluding hydrogens is 251 g/mol. The molecule has 7 heteroatoms. The van der Waals surface area contributed by atoms with E-state index in [0.29, 0.717) is 11.4 Å². The fourth-order valence-electron chi connectivity index (χ4n) is 1.35. The van der Waals surface area contributed by atoms with E-state index in [4.69, 9.17) is 9.84 Å². The second kappa shape index (κ2) is 5.61. The maximum atomic E-state index is 12.4. The number of aliphatic carboxylic acids is 1. The Balaban J connectivity index is 2.77. The number of rotatable bonds is 5. The van der Waals surface area contributed by atoms with Gasteiger partial charge < -0.3 is 15.2 Å². The Hall–Kier alpha value is -1.92. The minimum absolute atomic E-state index is 0.315. The van der Waals surface area contributed by atoms with Crippen molar-refractivity contribution in [2.45, 2.75) is 6.18 Å². The number of para-hydroxylation sites is 2. The number of benzene rings is 1. The molecule has 0 aliphatic heterocycles. The Morgan fingerprint density at radius 1 is 1.44 bits per heavy atom. The molecule has 0 amide bonds. The van der Waals surface area contributed by atoms with Crippen molar-refractivity contribution in [3.05, 3.63) is 24.3 Å². The van der Waals surface area contributed by atoms with Gasteiger partial charge in [0, 0.05) is 6.54 Å². The number of carbonyl (C=O) groups is 1. The van der Waals surface area contributed by atoms with E-state index in [2.05, 4.69) is 5.32 Å². The van der Waals surface area contributed by atoms with E-state index < -0.39 is 24.6 Å². The van der Waals surface area contributed by atoms with Crippen molar-refractivity contribution in [1.82, 2.24) is 0 Å². The van der Waals surface area contributed by atoms with Crippen molar-refractivity contribution >= 4 is 11.7 Å². The van der Waals surface area contributed by atoms with Crippen LogP contribution in [-0.4, -0.2) is 30.9 Å². The molecule has 1 atom stereocenters. The molecule has 18 heavy (non-hydrogen) atoms. The van der Waals surface area contributed by atoms with Gasteiger partial charge in [-0.1, -0.05) is 12.1 Å². The summed E-state index contributed by atoms with van der Waals surface area (Å²) in [6.07, 6.45) is -4.79. The predicted octanol–water partition coefficient (Wildman–Crippen LogP) is 2.37.